The van der Waals surface area contributed by atoms with E-state index in [2.05, 4.69) is 35.0 Å². The fraction of sp³-hybridized carbons (Fsp3) is 0.167. The third-order valence-electron chi connectivity index (χ3n) is 2.04. The molecule has 0 saturated heterocycles. The lowest BCUT2D eigenvalue weighted by Gasteiger charge is -1.98. The number of nitrogens with zero attached hydrogens (tertiary/aromatic N) is 1. The van der Waals surface area contributed by atoms with Crippen LogP contribution in [0.5, 0.6) is 0 Å². The maximum Gasteiger partial charge on any atom is 0.0299 e. The summed E-state index contributed by atoms with van der Waals surface area (Å²) >= 11 is 1.79. The van der Waals surface area contributed by atoms with Gasteiger partial charge in [-0.25, -0.2) is 0 Å². The molecule has 0 aliphatic heterocycles. The van der Waals surface area contributed by atoms with E-state index in [0.29, 0.717) is 0 Å². The Hall–Kier alpha value is -1.15. The molecule has 0 atom stereocenters. The van der Waals surface area contributed by atoms with Crippen LogP contribution in [-0.2, 0) is 6.42 Å². The summed E-state index contributed by atoms with van der Waals surface area (Å²) in [6, 6.07) is 8.34. The number of hydrogen-bond acceptors (Lipinski definition) is 2. The van der Waals surface area contributed by atoms with Gasteiger partial charge >= 0.3 is 0 Å². The van der Waals surface area contributed by atoms with Crippen molar-refractivity contribution in [3.8, 4) is 0 Å². The van der Waals surface area contributed by atoms with Crippen molar-refractivity contribution >= 4 is 11.3 Å². The highest BCUT2D eigenvalue weighted by Gasteiger charge is 1.95. The molecule has 71 valence electrons. The van der Waals surface area contributed by atoms with Gasteiger partial charge in [0.25, 0.3) is 0 Å². The van der Waals surface area contributed by atoms with E-state index in [-0.39, 0.29) is 0 Å². The predicted octanol–water partition coefficient (Wildman–Crippen LogP) is 3.33. The molecule has 0 bridgehead atoms. The fourth-order valence-electron chi connectivity index (χ4n) is 1.33. The van der Waals surface area contributed by atoms with Crippen molar-refractivity contribution in [2.45, 2.75) is 12.8 Å². The Balaban J connectivity index is 1.79. The van der Waals surface area contributed by atoms with E-state index in [1.54, 1.807) is 11.3 Å². The molecular formula is C12H12NS. The number of aromatic nitrogens is 1. The monoisotopic (exact) mass is 202 g/mol. The Labute approximate surface area is 88.4 Å². The van der Waals surface area contributed by atoms with E-state index in [4.69, 9.17) is 0 Å². The molecule has 0 spiro atoms. The zero-order chi connectivity index (χ0) is 9.64. The Kier molecular flexibility index (Phi) is 3.30. The molecule has 1 nitrogen and oxygen atoms in total. The molecular weight excluding hydrogens is 190 g/mol. The Bertz CT molecular complexity index is 353. The topological polar surface area (TPSA) is 12.9 Å². The predicted molar refractivity (Wildman–Crippen MR) is 60.3 cm³/mol. The smallest absolute Gasteiger partial charge is 0.0299 e. The van der Waals surface area contributed by atoms with Crippen LogP contribution in [0.4, 0.5) is 0 Å². The van der Waals surface area contributed by atoms with Gasteiger partial charge in [-0.2, -0.15) is 0 Å². The van der Waals surface area contributed by atoms with Crippen molar-refractivity contribution < 1.29 is 0 Å². The summed E-state index contributed by atoms with van der Waals surface area (Å²) in [4.78, 5) is 5.44. The van der Waals surface area contributed by atoms with Crippen molar-refractivity contribution in [2.24, 2.45) is 0 Å². The van der Waals surface area contributed by atoms with E-state index in [1.807, 2.05) is 18.5 Å². The molecule has 2 heteroatoms. The first-order chi connectivity index (χ1) is 6.95. The van der Waals surface area contributed by atoms with Crippen LogP contribution in [0.15, 0.2) is 42.0 Å². The first kappa shape index (κ1) is 9.41. The van der Waals surface area contributed by atoms with Crippen molar-refractivity contribution in [2.75, 3.05) is 0 Å². The van der Waals surface area contributed by atoms with Crippen LogP contribution in [0.2, 0.25) is 0 Å². The Morgan fingerprint density at radius 3 is 3.00 bits per heavy atom. The van der Waals surface area contributed by atoms with Gasteiger partial charge in [0, 0.05) is 23.7 Å². The van der Waals surface area contributed by atoms with Crippen LogP contribution in [0.25, 0.3) is 0 Å². The molecule has 1 radical (unpaired) electrons. The maximum atomic E-state index is 4.09. The first-order valence-corrected chi connectivity index (χ1v) is 5.59. The molecule has 0 aliphatic carbocycles. The molecule has 2 rings (SSSR count). The summed E-state index contributed by atoms with van der Waals surface area (Å²) in [5.74, 6) is 0. The lowest BCUT2D eigenvalue weighted by Crippen LogP contribution is -1.86. The van der Waals surface area contributed by atoms with Gasteiger partial charge in [-0.15, -0.1) is 11.3 Å². The van der Waals surface area contributed by atoms with E-state index in [0.717, 1.165) is 12.8 Å². The largest absolute Gasteiger partial charge is 0.264 e. The normalized spacial score (nSPS) is 10.3. The van der Waals surface area contributed by atoms with Crippen LogP contribution in [0.3, 0.4) is 0 Å². The third kappa shape index (κ3) is 2.67. The SMILES string of the molecule is [CH](CCc1cccnc1)c1cccs1. The summed E-state index contributed by atoms with van der Waals surface area (Å²) in [6.07, 6.45) is 8.18. The lowest BCUT2D eigenvalue weighted by molar-refractivity contribution is 0.947. The zero-order valence-corrected chi connectivity index (χ0v) is 8.70. The molecule has 0 amide bonds. The summed E-state index contributed by atoms with van der Waals surface area (Å²) in [5.41, 5.74) is 1.31. The van der Waals surface area contributed by atoms with Gasteiger partial charge < -0.3 is 0 Å². The van der Waals surface area contributed by atoms with Gasteiger partial charge in [-0.3, -0.25) is 4.98 Å². The number of thiophene rings is 1. The number of hydrogen-bond donors (Lipinski definition) is 0. The van der Waals surface area contributed by atoms with Gasteiger partial charge in [0.1, 0.15) is 0 Å². The average molecular weight is 202 g/mol. The molecule has 0 aliphatic rings. The molecule has 2 aromatic rings. The van der Waals surface area contributed by atoms with Gasteiger partial charge in [0.2, 0.25) is 0 Å². The van der Waals surface area contributed by atoms with Gasteiger partial charge in [-0.1, -0.05) is 12.1 Å². The molecule has 0 fully saturated rings. The highest BCUT2D eigenvalue weighted by Crippen LogP contribution is 2.14. The van der Waals surface area contributed by atoms with Gasteiger partial charge in [0.05, 0.1) is 0 Å². The third-order valence-corrected chi connectivity index (χ3v) is 2.91. The standard InChI is InChI=1S/C12H12NS/c1(6-12-7-3-9-14-12)4-11-5-2-8-13-10-11/h2-3,5-10H,1,4H2. The quantitative estimate of drug-likeness (QED) is 0.741. The minimum absolute atomic E-state index is 1.08. The second-order valence-corrected chi connectivity index (χ2v) is 4.10. The molecule has 2 heterocycles. The first-order valence-electron chi connectivity index (χ1n) is 4.71. The highest BCUT2D eigenvalue weighted by molar-refractivity contribution is 7.10. The van der Waals surface area contributed by atoms with Crippen LogP contribution in [0, 0.1) is 6.42 Å². The zero-order valence-electron chi connectivity index (χ0n) is 7.89. The van der Waals surface area contributed by atoms with E-state index in [1.165, 1.54) is 10.4 Å². The van der Waals surface area contributed by atoms with Crippen LogP contribution in [-0.4, -0.2) is 4.98 Å². The Morgan fingerprint density at radius 1 is 1.29 bits per heavy atom. The van der Waals surface area contributed by atoms with Crippen LogP contribution in [0.1, 0.15) is 16.9 Å². The van der Waals surface area contributed by atoms with E-state index >= 15 is 0 Å². The maximum absolute atomic E-state index is 4.09. The number of aryl methyl sites for hydroxylation is 1. The molecule has 0 aromatic carbocycles. The minimum Gasteiger partial charge on any atom is -0.264 e. The average Bonchev–Trinajstić information content (AvgIpc) is 2.72. The highest BCUT2D eigenvalue weighted by atomic mass is 32.1. The number of rotatable bonds is 4. The van der Waals surface area contributed by atoms with Gasteiger partial charge in [-0.05, 0) is 35.9 Å². The summed E-state index contributed by atoms with van der Waals surface area (Å²) < 4.78 is 0. The minimum atomic E-state index is 1.08. The summed E-state index contributed by atoms with van der Waals surface area (Å²) in [7, 11) is 0. The summed E-state index contributed by atoms with van der Waals surface area (Å²) in [5, 5.41) is 2.11. The van der Waals surface area contributed by atoms with Crippen LogP contribution >= 0.6 is 11.3 Å². The van der Waals surface area contributed by atoms with Crippen molar-refractivity contribution in [3.63, 3.8) is 0 Å². The van der Waals surface area contributed by atoms with Crippen molar-refractivity contribution in [1.82, 2.24) is 4.98 Å². The summed E-state index contributed by atoms with van der Waals surface area (Å²) in [6.45, 7) is 0. The second kappa shape index (κ2) is 4.91. The molecule has 0 saturated carbocycles. The second-order valence-electron chi connectivity index (χ2n) is 3.12. The van der Waals surface area contributed by atoms with Crippen LogP contribution < -0.4 is 0 Å². The fourth-order valence-corrected chi connectivity index (χ4v) is 2.02. The van der Waals surface area contributed by atoms with Crippen molar-refractivity contribution in [1.29, 1.82) is 0 Å². The molecule has 14 heavy (non-hydrogen) atoms. The molecule has 0 N–H and O–H groups in total. The van der Waals surface area contributed by atoms with E-state index < -0.39 is 0 Å². The Morgan fingerprint density at radius 2 is 2.29 bits per heavy atom. The lowest BCUT2D eigenvalue weighted by atomic mass is 10.1. The van der Waals surface area contributed by atoms with E-state index in [9.17, 15) is 0 Å². The number of pyridine rings is 1. The van der Waals surface area contributed by atoms with Gasteiger partial charge in [0.15, 0.2) is 0 Å². The van der Waals surface area contributed by atoms with Crippen molar-refractivity contribution in [3.05, 3.63) is 58.9 Å². The molecule has 2 aromatic heterocycles. The molecule has 0 unspecified atom stereocenters.